The average Bonchev–Trinajstić information content (AvgIpc) is 3.34. The van der Waals surface area contributed by atoms with E-state index < -0.39 is 54.4 Å². The summed E-state index contributed by atoms with van der Waals surface area (Å²) < 4.78 is 10.7. The topological polar surface area (TPSA) is 137 Å². The molecule has 0 spiro atoms. The fraction of sp³-hybridized carbons (Fsp3) is 0.355. The van der Waals surface area contributed by atoms with E-state index in [1.54, 1.807) is 0 Å². The van der Waals surface area contributed by atoms with Crippen molar-refractivity contribution >= 4 is 35.6 Å². The Morgan fingerprint density at radius 1 is 0.905 bits per heavy atom. The molecule has 1 unspecified atom stereocenters. The van der Waals surface area contributed by atoms with Crippen LogP contribution < -0.4 is 0 Å². The minimum absolute atomic E-state index is 0.0929. The Balaban J connectivity index is 1.36. The Kier molecular flexibility index (Phi) is 10.2. The first-order chi connectivity index (χ1) is 20.2. The quantitative estimate of drug-likeness (QED) is 0.170. The van der Waals surface area contributed by atoms with Crippen molar-refractivity contribution in [3.63, 3.8) is 0 Å². The van der Waals surface area contributed by atoms with Crippen LogP contribution in [0.2, 0.25) is 0 Å². The van der Waals surface area contributed by atoms with Gasteiger partial charge in [-0.25, -0.2) is 9.59 Å². The fourth-order valence-corrected chi connectivity index (χ4v) is 4.79. The molecular formula is C31H32N2O9. The first-order valence-electron chi connectivity index (χ1n) is 13.8. The number of benzene rings is 2. The van der Waals surface area contributed by atoms with Gasteiger partial charge in [0.1, 0.15) is 18.8 Å². The van der Waals surface area contributed by atoms with E-state index in [9.17, 15) is 28.8 Å². The first kappa shape index (κ1) is 30.2. The zero-order valence-corrected chi connectivity index (χ0v) is 23.1. The van der Waals surface area contributed by atoms with Gasteiger partial charge in [-0.1, -0.05) is 72.3 Å². The number of Topliss-reactive ketones (excluding diaryl/α,β-unsaturated/α-hetero) is 1. The second-order valence-corrected chi connectivity index (χ2v) is 10.0. The molecule has 0 aromatic heterocycles. The second-order valence-electron chi connectivity index (χ2n) is 10.0. The highest BCUT2D eigenvalue weighted by Crippen LogP contribution is 2.27. The first-order valence-corrected chi connectivity index (χ1v) is 13.8. The van der Waals surface area contributed by atoms with Gasteiger partial charge in [-0.15, -0.1) is 0 Å². The number of esters is 1. The summed E-state index contributed by atoms with van der Waals surface area (Å²) in [6, 6.07) is 18.2. The van der Waals surface area contributed by atoms with E-state index in [-0.39, 0.29) is 25.0 Å². The Labute approximate surface area is 243 Å². The molecule has 220 valence electrons. The van der Waals surface area contributed by atoms with Gasteiger partial charge in [0.15, 0.2) is 0 Å². The minimum atomic E-state index is -1.40. The SMILES string of the molecule is C=C(COC(=O)ON1C(=O)CCC1=O)C(=O)C(=O)N1CCCCC1C(=O)O[C@H](CCc1ccccc1)c1ccccc1. The van der Waals surface area contributed by atoms with Crippen LogP contribution in [0.15, 0.2) is 72.8 Å². The van der Waals surface area contributed by atoms with Gasteiger partial charge >= 0.3 is 12.1 Å². The number of ketones is 1. The fourth-order valence-electron chi connectivity index (χ4n) is 4.79. The summed E-state index contributed by atoms with van der Waals surface area (Å²) in [6.45, 7) is 2.98. The maximum atomic E-state index is 13.4. The van der Waals surface area contributed by atoms with Crippen LogP contribution in [-0.2, 0) is 44.7 Å². The lowest BCUT2D eigenvalue weighted by atomic mass is 9.99. The van der Waals surface area contributed by atoms with Gasteiger partial charge in [0.05, 0.1) is 0 Å². The molecular weight excluding hydrogens is 544 g/mol. The predicted octanol–water partition coefficient (Wildman–Crippen LogP) is 3.63. The summed E-state index contributed by atoms with van der Waals surface area (Å²) in [5.41, 5.74) is 1.55. The lowest BCUT2D eigenvalue weighted by molar-refractivity contribution is -0.176. The van der Waals surface area contributed by atoms with Crippen molar-refractivity contribution in [3.05, 3.63) is 83.9 Å². The summed E-state index contributed by atoms with van der Waals surface area (Å²) >= 11 is 0. The molecule has 2 atom stereocenters. The number of likely N-dealkylation sites (tertiary alicyclic amines) is 1. The number of nitrogens with zero attached hydrogens (tertiary/aromatic N) is 2. The van der Waals surface area contributed by atoms with Gasteiger partial charge in [0.25, 0.3) is 17.7 Å². The van der Waals surface area contributed by atoms with Crippen molar-refractivity contribution in [1.29, 1.82) is 0 Å². The summed E-state index contributed by atoms with van der Waals surface area (Å²) in [5.74, 6) is -4.01. The highest BCUT2D eigenvalue weighted by atomic mass is 16.8. The summed E-state index contributed by atoms with van der Waals surface area (Å²) in [6.07, 6.45) is 0.632. The molecule has 4 rings (SSSR count). The van der Waals surface area contributed by atoms with Gasteiger partial charge in [0, 0.05) is 25.0 Å². The van der Waals surface area contributed by atoms with E-state index in [1.165, 1.54) is 4.90 Å². The maximum Gasteiger partial charge on any atom is 0.534 e. The minimum Gasteiger partial charge on any atom is -0.456 e. The van der Waals surface area contributed by atoms with Crippen molar-refractivity contribution in [2.24, 2.45) is 0 Å². The molecule has 0 bridgehead atoms. The molecule has 0 saturated carbocycles. The molecule has 0 aliphatic carbocycles. The van der Waals surface area contributed by atoms with Crippen LogP contribution in [-0.4, -0.2) is 64.8 Å². The molecule has 11 nitrogen and oxygen atoms in total. The number of hydrogen-bond donors (Lipinski definition) is 0. The molecule has 2 aliphatic heterocycles. The second kappa shape index (κ2) is 14.2. The third-order valence-electron chi connectivity index (χ3n) is 7.05. The van der Waals surface area contributed by atoms with E-state index in [4.69, 9.17) is 9.47 Å². The molecule has 2 aliphatic rings. The van der Waals surface area contributed by atoms with Gasteiger partial charge in [0.2, 0.25) is 5.78 Å². The zero-order valence-electron chi connectivity index (χ0n) is 23.1. The number of aryl methyl sites for hydroxylation is 1. The number of piperidine rings is 1. The van der Waals surface area contributed by atoms with Gasteiger partial charge in [-0.2, -0.15) is 0 Å². The third kappa shape index (κ3) is 7.68. The summed E-state index contributed by atoms with van der Waals surface area (Å²) in [4.78, 5) is 80.3. The molecule has 2 aromatic carbocycles. The van der Waals surface area contributed by atoms with E-state index >= 15 is 0 Å². The molecule has 2 fully saturated rings. The molecule has 3 amide bonds. The van der Waals surface area contributed by atoms with E-state index in [1.807, 2.05) is 60.7 Å². The maximum absolute atomic E-state index is 13.4. The van der Waals surface area contributed by atoms with Gasteiger partial charge < -0.3 is 14.4 Å². The van der Waals surface area contributed by atoms with Crippen LogP contribution in [0.4, 0.5) is 4.79 Å². The number of carbonyl (C=O) groups is 6. The number of hydrogen-bond acceptors (Lipinski definition) is 9. The van der Waals surface area contributed by atoms with Gasteiger partial charge in [-0.05, 0) is 43.2 Å². The molecule has 2 saturated heterocycles. The molecule has 2 aromatic rings. The number of carbonyl (C=O) groups excluding carboxylic acids is 6. The number of hydroxylamine groups is 2. The Morgan fingerprint density at radius 2 is 1.55 bits per heavy atom. The highest BCUT2D eigenvalue weighted by Gasteiger charge is 2.38. The van der Waals surface area contributed by atoms with Crippen LogP contribution in [0.1, 0.15) is 55.8 Å². The largest absolute Gasteiger partial charge is 0.534 e. The number of amides is 3. The molecule has 11 heteroatoms. The zero-order chi connectivity index (χ0) is 30.1. The Morgan fingerprint density at radius 3 is 2.21 bits per heavy atom. The monoisotopic (exact) mass is 576 g/mol. The summed E-state index contributed by atoms with van der Waals surface area (Å²) in [7, 11) is 0. The molecule has 0 N–H and O–H groups in total. The van der Waals surface area contributed by atoms with Crippen LogP contribution in [0.25, 0.3) is 0 Å². The average molecular weight is 577 g/mol. The lowest BCUT2D eigenvalue weighted by Gasteiger charge is -2.34. The van der Waals surface area contributed by atoms with Crippen LogP contribution >= 0.6 is 0 Å². The highest BCUT2D eigenvalue weighted by molar-refractivity contribution is 6.42. The number of rotatable bonds is 11. The summed E-state index contributed by atoms with van der Waals surface area (Å²) in [5, 5.41) is 0.296. The Bertz CT molecular complexity index is 1330. The van der Waals surface area contributed by atoms with Crippen molar-refractivity contribution in [2.75, 3.05) is 13.2 Å². The van der Waals surface area contributed by atoms with Crippen molar-refractivity contribution in [3.8, 4) is 0 Å². The lowest BCUT2D eigenvalue weighted by Crippen LogP contribution is -2.51. The van der Waals surface area contributed by atoms with Crippen LogP contribution in [0.3, 0.4) is 0 Å². The Hall–Kier alpha value is -4.80. The van der Waals surface area contributed by atoms with E-state index in [0.717, 1.165) is 11.1 Å². The normalized spacial score (nSPS) is 17.4. The van der Waals surface area contributed by atoms with Crippen molar-refractivity contribution < 1.29 is 43.1 Å². The molecule has 2 heterocycles. The van der Waals surface area contributed by atoms with Crippen LogP contribution in [0, 0.1) is 0 Å². The van der Waals surface area contributed by atoms with E-state index in [0.29, 0.717) is 37.2 Å². The smallest absolute Gasteiger partial charge is 0.456 e. The number of ether oxygens (including phenoxy) is 2. The molecule has 42 heavy (non-hydrogen) atoms. The molecule has 0 radical (unpaired) electrons. The number of imide groups is 1. The third-order valence-corrected chi connectivity index (χ3v) is 7.05. The van der Waals surface area contributed by atoms with E-state index in [2.05, 4.69) is 11.4 Å². The van der Waals surface area contributed by atoms with Crippen LogP contribution in [0.5, 0.6) is 0 Å². The van der Waals surface area contributed by atoms with Gasteiger partial charge in [-0.3, -0.25) is 24.0 Å². The standard InChI is InChI=1S/C31H32N2O9/c1-21(20-40-31(39)42-33-26(34)17-18-27(33)35)28(36)29(37)32-19-9-8-14-24(32)30(38)41-25(23-12-6-3-7-13-23)16-15-22-10-4-2-5-11-22/h2-7,10-13,24-25H,1,8-9,14-20H2/t24?,25-/m1/s1. The predicted molar refractivity (Wildman–Crippen MR) is 147 cm³/mol. The van der Waals surface area contributed by atoms with Crippen molar-refractivity contribution in [1.82, 2.24) is 9.96 Å². The van der Waals surface area contributed by atoms with Crippen molar-refractivity contribution in [2.45, 2.75) is 57.1 Å².